The molecule has 0 bridgehead atoms. The first-order valence-corrected chi connectivity index (χ1v) is 7.60. The van der Waals surface area contributed by atoms with Crippen LogP contribution in [-0.2, 0) is 15.8 Å². The highest BCUT2D eigenvalue weighted by atomic mass is 19.4. The van der Waals surface area contributed by atoms with Crippen LogP contribution in [0.1, 0.15) is 37.0 Å². The smallest absolute Gasteiger partial charge is 0.387 e. The average molecular weight is 344 g/mol. The van der Waals surface area contributed by atoms with Gasteiger partial charge in [-0.3, -0.25) is 9.59 Å². The first kappa shape index (κ1) is 18.3. The number of aliphatic hydroxyl groups excluding tert-OH is 1. The molecule has 1 aromatic carbocycles. The van der Waals surface area contributed by atoms with Crippen LogP contribution < -0.4 is 5.32 Å². The lowest BCUT2D eigenvalue weighted by atomic mass is 10.1. The summed E-state index contributed by atoms with van der Waals surface area (Å²) in [5.41, 5.74) is -0.788. The van der Waals surface area contributed by atoms with Crippen LogP contribution in [0, 0.1) is 0 Å². The number of hydrogen-bond acceptors (Lipinski definition) is 3. The van der Waals surface area contributed by atoms with E-state index in [1.54, 1.807) is 0 Å². The highest BCUT2D eigenvalue weighted by molar-refractivity contribution is 5.87. The van der Waals surface area contributed by atoms with Gasteiger partial charge >= 0.3 is 6.18 Å². The van der Waals surface area contributed by atoms with Gasteiger partial charge in [0.25, 0.3) is 0 Å². The highest BCUT2D eigenvalue weighted by Crippen LogP contribution is 2.30. The summed E-state index contributed by atoms with van der Waals surface area (Å²) in [5.74, 6) is -0.611. The Hall–Kier alpha value is -2.09. The zero-order chi connectivity index (χ0) is 17.9. The van der Waals surface area contributed by atoms with Gasteiger partial charge in [0.1, 0.15) is 6.04 Å². The number of nitrogens with one attached hydrogen (secondary N) is 1. The standard InChI is InChI=1S/C16H19F3N2O3/c1-10(22)21-7-3-6-13(21)15(24)20-9-14(23)11-4-2-5-12(8-11)16(17,18)19/h2,4-5,8,13-14,23H,3,6-7,9H2,1H3,(H,20,24)/t13-,14+/m1/s1. The average Bonchev–Trinajstić information content (AvgIpc) is 3.01. The van der Waals surface area contributed by atoms with E-state index in [-0.39, 0.29) is 18.0 Å². The summed E-state index contributed by atoms with van der Waals surface area (Å²) in [5, 5.41) is 12.5. The lowest BCUT2D eigenvalue weighted by Gasteiger charge is -2.23. The lowest BCUT2D eigenvalue weighted by molar-refractivity contribution is -0.137. The summed E-state index contributed by atoms with van der Waals surface area (Å²) in [4.78, 5) is 25.0. The largest absolute Gasteiger partial charge is 0.416 e. The Bertz CT molecular complexity index is 619. The van der Waals surface area contributed by atoms with Gasteiger partial charge < -0.3 is 15.3 Å². The number of carbonyl (C=O) groups is 2. The summed E-state index contributed by atoms with van der Waals surface area (Å²) in [6.45, 7) is 1.66. The Morgan fingerprint density at radius 2 is 2.12 bits per heavy atom. The zero-order valence-corrected chi connectivity index (χ0v) is 13.1. The molecule has 0 aliphatic carbocycles. The van der Waals surface area contributed by atoms with Crippen molar-refractivity contribution in [2.45, 2.75) is 38.1 Å². The molecule has 132 valence electrons. The minimum absolute atomic E-state index is 0.0694. The molecule has 0 spiro atoms. The SMILES string of the molecule is CC(=O)N1CCC[C@@H]1C(=O)NC[C@H](O)c1cccc(C(F)(F)F)c1. The van der Waals surface area contributed by atoms with E-state index in [4.69, 9.17) is 0 Å². The second-order valence-electron chi connectivity index (χ2n) is 5.75. The molecule has 2 rings (SSSR count). The van der Waals surface area contributed by atoms with Gasteiger partial charge in [0.05, 0.1) is 11.7 Å². The number of aliphatic hydroxyl groups is 1. The molecule has 1 saturated heterocycles. The number of alkyl halides is 3. The molecule has 1 aliphatic rings. The Morgan fingerprint density at radius 3 is 2.75 bits per heavy atom. The van der Waals surface area contributed by atoms with Crippen LogP contribution in [-0.4, -0.2) is 41.0 Å². The van der Waals surface area contributed by atoms with Crippen molar-refractivity contribution in [1.29, 1.82) is 0 Å². The highest BCUT2D eigenvalue weighted by Gasteiger charge is 2.33. The van der Waals surface area contributed by atoms with Crippen molar-refractivity contribution < 1.29 is 27.9 Å². The molecule has 2 N–H and O–H groups in total. The quantitative estimate of drug-likeness (QED) is 0.876. The fourth-order valence-electron chi connectivity index (χ4n) is 2.77. The second kappa shape index (κ2) is 7.21. The molecular formula is C16H19F3N2O3. The molecule has 0 saturated carbocycles. The van der Waals surface area contributed by atoms with Crippen molar-refractivity contribution in [3.8, 4) is 0 Å². The van der Waals surface area contributed by atoms with Crippen molar-refractivity contribution in [3.05, 3.63) is 35.4 Å². The van der Waals surface area contributed by atoms with E-state index in [1.807, 2.05) is 0 Å². The van der Waals surface area contributed by atoms with Crippen LogP contribution >= 0.6 is 0 Å². The normalized spacial score (nSPS) is 19.2. The molecule has 0 aromatic heterocycles. The van der Waals surface area contributed by atoms with Crippen LogP contribution in [0.5, 0.6) is 0 Å². The Balaban J connectivity index is 1.97. The van der Waals surface area contributed by atoms with E-state index in [1.165, 1.54) is 24.0 Å². The van der Waals surface area contributed by atoms with Crippen molar-refractivity contribution >= 4 is 11.8 Å². The zero-order valence-electron chi connectivity index (χ0n) is 13.1. The maximum Gasteiger partial charge on any atom is 0.416 e. The summed E-state index contributed by atoms with van der Waals surface area (Å²) < 4.78 is 38.0. The van der Waals surface area contributed by atoms with E-state index in [9.17, 15) is 27.9 Å². The first-order chi connectivity index (χ1) is 11.2. The van der Waals surface area contributed by atoms with Crippen molar-refractivity contribution in [1.82, 2.24) is 10.2 Å². The Labute approximate surface area is 137 Å². The summed E-state index contributed by atoms with van der Waals surface area (Å²) in [7, 11) is 0. The third-order valence-corrected chi connectivity index (χ3v) is 4.03. The third-order valence-electron chi connectivity index (χ3n) is 4.03. The minimum atomic E-state index is -4.50. The maximum absolute atomic E-state index is 12.7. The first-order valence-electron chi connectivity index (χ1n) is 7.60. The fourth-order valence-corrected chi connectivity index (χ4v) is 2.77. The van der Waals surface area contributed by atoms with Crippen molar-refractivity contribution in [2.24, 2.45) is 0 Å². The molecule has 1 heterocycles. The van der Waals surface area contributed by atoms with Crippen LogP contribution in [0.3, 0.4) is 0 Å². The topological polar surface area (TPSA) is 69.6 Å². The van der Waals surface area contributed by atoms with Gasteiger partial charge in [-0.15, -0.1) is 0 Å². The number of rotatable bonds is 4. The third kappa shape index (κ3) is 4.25. The van der Waals surface area contributed by atoms with Gasteiger partial charge in [-0.25, -0.2) is 0 Å². The number of amides is 2. The number of nitrogens with zero attached hydrogens (tertiary/aromatic N) is 1. The molecule has 5 nitrogen and oxygen atoms in total. The van der Waals surface area contributed by atoms with E-state index >= 15 is 0 Å². The van der Waals surface area contributed by atoms with Crippen LogP contribution in [0.25, 0.3) is 0 Å². The summed E-state index contributed by atoms with van der Waals surface area (Å²) in [6, 6.07) is 3.75. The van der Waals surface area contributed by atoms with Crippen molar-refractivity contribution in [2.75, 3.05) is 13.1 Å². The molecule has 0 unspecified atom stereocenters. The number of likely N-dealkylation sites (tertiary alicyclic amines) is 1. The Kier molecular flexibility index (Phi) is 5.48. The second-order valence-corrected chi connectivity index (χ2v) is 5.75. The minimum Gasteiger partial charge on any atom is -0.387 e. The molecule has 1 aliphatic heterocycles. The molecule has 0 radical (unpaired) electrons. The number of halogens is 3. The maximum atomic E-state index is 12.7. The molecule has 24 heavy (non-hydrogen) atoms. The Morgan fingerprint density at radius 1 is 1.42 bits per heavy atom. The van der Waals surface area contributed by atoms with Gasteiger partial charge in [0.2, 0.25) is 11.8 Å². The molecule has 1 fully saturated rings. The molecule has 8 heteroatoms. The van der Waals surface area contributed by atoms with Crippen LogP contribution in [0.15, 0.2) is 24.3 Å². The fraction of sp³-hybridized carbons (Fsp3) is 0.500. The number of hydrogen-bond donors (Lipinski definition) is 2. The molecular weight excluding hydrogens is 325 g/mol. The number of benzene rings is 1. The number of carbonyl (C=O) groups excluding carboxylic acids is 2. The van der Waals surface area contributed by atoms with Crippen molar-refractivity contribution in [3.63, 3.8) is 0 Å². The molecule has 2 amide bonds. The van der Waals surface area contributed by atoms with Gasteiger partial charge in [-0.05, 0) is 30.5 Å². The van der Waals surface area contributed by atoms with E-state index in [2.05, 4.69) is 5.32 Å². The van der Waals surface area contributed by atoms with Crippen LogP contribution in [0.4, 0.5) is 13.2 Å². The van der Waals surface area contributed by atoms with E-state index in [0.717, 1.165) is 12.1 Å². The predicted octanol–water partition coefficient (Wildman–Crippen LogP) is 1.87. The summed E-state index contributed by atoms with van der Waals surface area (Å²) in [6.07, 6.45) is -4.51. The summed E-state index contributed by atoms with van der Waals surface area (Å²) >= 11 is 0. The monoisotopic (exact) mass is 344 g/mol. The molecule has 2 atom stereocenters. The van der Waals surface area contributed by atoms with Gasteiger partial charge in [-0.2, -0.15) is 13.2 Å². The van der Waals surface area contributed by atoms with Crippen LogP contribution in [0.2, 0.25) is 0 Å². The van der Waals surface area contributed by atoms with Gasteiger partial charge in [-0.1, -0.05) is 12.1 Å². The molecule has 1 aromatic rings. The van der Waals surface area contributed by atoms with E-state index < -0.39 is 29.8 Å². The van der Waals surface area contributed by atoms with E-state index in [0.29, 0.717) is 19.4 Å². The van der Waals surface area contributed by atoms with Gasteiger partial charge in [0.15, 0.2) is 0 Å². The lowest BCUT2D eigenvalue weighted by Crippen LogP contribution is -2.46. The predicted molar refractivity (Wildman–Crippen MR) is 79.8 cm³/mol. The van der Waals surface area contributed by atoms with Gasteiger partial charge in [0, 0.05) is 20.0 Å².